The van der Waals surface area contributed by atoms with Gasteiger partial charge in [-0.15, -0.1) is 0 Å². The number of aryl methyl sites for hydroxylation is 2. The van der Waals surface area contributed by atoms with Crippen molar-refractivity contribution in [3.63, 3.8) is 0 Å². The minimum Gasteiger partial charge on any atom is -0.495 e. The van der Waals surface area contributed by atoms with Crippen molar-refractivity contribution in [3.05, 3.63) is 27.8 Å². The number of methoxy groups -OCH3 is 1. The van der Waals surface area contributed by atoms with Crippen molar-refractivity contribution in [2.24, 2.45) is 4.99 Å². The zero-order valence-electron chi connectivity index (χ0n) is 11.5. The van der Waals surface area contributed by atoms with Gasteiger partial charge in [0.15, 0.2) is 0 Å². The van der Waals surface area contributed by atoms with Gasteiger partial charge in [0, 0.05) is 5.56 Å². The van der Waals surface area contributed by atoms with Crippen molar-refractivity contribution < 1.29 is 9.53 Å². The van der Waals surface area contributed by atoms with Gasteiger partial charge in [-0.25, -0.2) is 4.79 Å². The molecule has 0 amide bonds. The molecule has 0 unspecified atom stereocenters. The number of aliphatic imine (C=N–C) groups is 1. The van der Waals surface area contributed by atoms with E-state index in [1.54, 1.807) is 13.2 Å². The third kappa shape index (κ3) is 2.29. The van der Waals surface area contributed by atoms with Gasteiger partial charge in [0.25, 0.3) is 0 Å². The van der Waals surface area contributed by atoms with Crippen molar-refractivity contribution in [1.29, 1.82) is 0 Å². The molecule has 0 aromatic heterocycles. The van der Waals surface area contributed by atoms with Gasteiger partial charge < -0.3 is 4.74 Å². The van der Waals surface area contributed by atoms with Crippen LogP contribution in [0.1, 0.15) is 42.4 Å². The second kappa shape index (κ2) is 5.36. The highest BCUT2D eigenvalue weighted by Crippen LogP contribution is 2.49. The van der Waals surface area contributed by atoms with Crippen LogP contribution >= 0.6 is 11.6 Å². The van der Waals surface area contributed by atoms with Crippen LogP contribution in [0.25, 0.3) is 0 Å². The number of carbonyl (C=O) groups excluding carboxylic acids is 1. The summed E-state index contributed by atoms with van der Waals surface area (Å²) < 4.78 is 5.50. The molecular formula is C15H18ClNO2. The fourth-order valence-corrected chi connectivity index (χ4v) is 3.39. The van der Waals surface area contributed by atoms with Gasteiger partial charge in [0.05, 0.1) is 12.1 Å². The van der Waals surface area contributed by atoms with Crippen LogP contribution in [0.3, 0.4) is 0 Å². The molecule has 4 heteroatoms. The van der Waals surface area contributed by atoms with Gasteiger partial charge in [-0.1, -0.05) is 30.5 Å². The molecule has 0 radical (unpaired) electrons. The number of nitrogens with zero attached hydrogens (tertiary/aromatic N) is 1. The van der Waals surface area contributed by atoms with Crippen molar-refractivity contribution in [2.75, 3.05) is 7.11 Å². The third-order valence-electron chi connectivity index (χ3n) is 3.96. The van der Waals surface area contributed by atoms with E-state index in [1.807, 2.05) is 19.9 Å². The first-order chi connectivity index (χ1) is 9.05. The zero-order valence-corrected chi connectivity index (χ0v) is 12.3. The molecule has 2 rings (SSSR count). The van der Waals surface area contributed by atoms with E-state index < -0.39 is 5.54 Å². The van der Waals surface area contributed by atoms with Crippen LogP contribution in [0.5, 0.6) is 5.75 Å². The quantitative estimate of drug-likeness (QED) is 0.618. The van der Waals surface area contributed by atoms with E-state index in [1.165, 1.54) is 0 Å². The van der Waals surface area contributed by atoms with Crippen molar-refractivity contribution in [3.8, 4) is 5.75 Å². The molecule has 0 heterocycles. The van der Waals surface area contributed by atoms with Crippen molar-refractivity contribution in [1.82, 2.24) is 0 Å². The minimum absolute atomic E-state index is 0.505. The average Bonchev–Trinajstić information content (AvgIpc) is 2.83. The van der Waals surface area contributed by atoms with Gasteiger partial charge in [-0.2, -0.15) is 4.99 Å². The number of hydrogen-bond donors (Lipinski definition) is 0. The normalized spacial score (nSPS) is 17.1. The molecule has 0 saturated heterocycles. The summed E-state index contributed by atoms with van der Waals surface area (Å²) in [5, 5.41) is 0.607. The molecule has 0 N–H and O–H groups in total. The van der Waals surface area contributed by atoms with Gasteiger partial charge in [-0.3, -0.25) is 0 Å². The second-order valence-electron chi connectivity index (χ2n) is 5.17. The molecule has 0 atom stereocenters. The Labute approximate surface area is 118 Å². The molecule has 1 aromatic rings. The molecule has 1 fully saturated rings. The van der Waals surface area contributed by atoms with Crippen LogP contribution in [-0.4, -0.2) is 13.2 Å². The lowest BCUT2D eigenvalue weighted by molar-refractivity contribution is 0.378. The maximum atomic E-state index is 10.8. The lowest BCUT2D eigenvalue weighted by atomic mass is 9.84. The summed E-state index contributed by atoms with van der Waals surface area (Å²) in [7, 11) is 1.61. The van der Waals surface area contributed by atoms with Gasteiger partial charge in [-0.05, 0) is 37.8 Å². The molecule has 0 aliphatic heterocycles. The summed E-state index contributed by atoms with van der Waals surface area (Å²) in [5.41, 5.74) is 2.49. The Balaban J connectivity index is 2.73. The number of rotatable bonds is 3. The van der Waals surface area contributed by atoms with E-state index in [2.05, 4.69) is 4.99 Å². The number of halogens is 1. The van der Waals surface area contributed by atoms with E-state index in [0.717, 1.165) is 42.4 Å². The maximum Gasteiger partial charge on any atom is 0.235 e. The summed E-state index contributed by atoms with van der Waals surface area (Å²) in [4.78, 5) is 15.0. The fourth-order valence-electron chi connectivity index (χ4n) is 3.16. The predicted molar refractivity (Wildman–Crippen MR) is 75.7 cm³/mol. The van der Waals surface area contributed by atoms with Crippen LogP contribution in [0, 0.1) is 13.8 Å². The first-order valence-corrected chi connectivity index (χ1v) is 6.87. The lowest BCUT2D eigenvalue weighted by Gasteiger charge is -2.28. The topological polar surface area (TPSA) is 38.7 Å². The van der Waals surface area contributed by atoms with Crippen LogP contribution in [-0.2, 0) is 10.3 Å². The van der Waals surface area contributed by atoms with E-state index in [4.69, 9.17) is 16.3 Å². The second-order valence-corrected chi connectivity index (χ2v) is 5.55. The smallest absolute Gasteiger partial charge is 0.235 e. The Kier molecular flexibility index (Phi) is 3.98. The Morgan fingerprint density at radius 2 is 1.95 bits per heavy atom. The molecule has 1 saturated carbocycles. The first kappa shape index (κ1) is 14.1. The SMILES string of the molecule is COc1c(Cl)c(C)cc(C)c1C1(N=C=O)CCCC1. The Morgan fingerprint density at radius 3 is 2.47 bits per heavy atom. The highest BCUT2D eigenvalue weighted by atomic mass is 35.5. The standard InChI is InChI=1S/C15H18ClNO2/c1-10-8-11(2)13(16)14(19-3)12(10)15(17-9-18)6-4-5-7-15/h8H,4-7H2,1-3H3. The van der Waals surface area contributed by atoms with E-state index >= 15 is 0 Å². The number of isocyanates is 1. The highest BCUT2D eigenvalue weighted by molar-refractivity contribution is 6.33. The lowest BCUT2D eigenvalue weighted by Crippen LogP contribution is -2.22. The Bertz CT molecular complexity index is 542. The van der Waals surface area contributed by atoms with Crippen LogP contribution in [0.4, 0.5) is 0 Å². The Morgan fingerprint density at radius 1 is 1.32 bits per heavy atom. The molecule has 102 valence electrons. The van der Waals surface area contributed by atoms with Crippen LogP contribution in [0.15, 0.2) is 11.1 Å². The van der Waals surface area contributed by atoms with Gasteiger partial charge >= 0.3 is 0 Å². The molecule has 0 bridgehead atoms. The molecule has 19 heavy (non-hydrogen) atoms. The molecule has 0 spiro atoms. The number of hydrogen-bond acceptors (Lipinski definition) is 3. The Hall–Kier alpha value is -1.31. The average molecular weight is 280 g/mol. The molecule has 1 aromatic carbocycles. The van der Waals surface area contributed by atoms with Crippen molar-refractivity contribution >= 4 is 17.7 Å². The summed E-state index contributed by atoms with van der Waals surface area (Å²) in [6, 6.07) is 2.03. The first-order valence-electron chi connectivity index (χ1n) is 6.49. The van der Waals surface area contributed by atoms with Crippen molar-refractivity contribution in [2.45, 2.75) is 45.1 Å². The largest absolute Gasteiger partial charge is 0.495 e. The van der Waals surface area contributed by atoms with Crippen LogP contribution < -0.4 is 4.74 Å². The summed E-state index contributed by atoms with van der Waals surface area (Å²) in [6.07, 6.45) is 5.54. The summed E-state index contributed by atoms with van der Waals surface area (Å²) in [5.74, 6) is 0.653. The van der Waals surface area contributed by atoms with Crippen LogP contribution in [0.2, 0.25) is 5.02 Å². The maximum absolute atomic E-state index is 10.8. The van der Waals surface area contributed by atoms with E-state index in [0.29, 0.717) is 10.8 Å². The molecule has 1 aliphatic carbocycles. The predicted octanol–water partition coefficient (Wildman–Crippen LogP) is 4.07. The molecule has 3 nitrogen and oxygen atoms in total. The van der Waals surface area contributed by atoms with Gasteiger partial charge in [0.1, 0.15) is 11.3 Å². The molecule has 1 aliphatic rings. The minimum atomic E-state index is -0.505. The zero-order chi connectivity index (χ0) is 14.0. The van der Waals surface area contributed by atoms with E-state index in [-0.39, 0.29) is 0 Å². The third-order valence-corrected chi connectivity index (χ3v) is 4.43. The number of ether oxygens (including phenoxy) is 1. The highest BCUT2D eigenvalue weighted by Gasteiger charge is 2.40. The fraction of sp³-hybridized carbons (Fsp3) is 0.533. The summed E-state index contributed by atoms with van der Waals surface area (Å²) in [6.45, 7) is 3.97. The monoisotopic (exact) mass is 279 g/mol. The van der Waals surface area contributed by atoms with E-state index in [9.17, 15) is 4.79 Å². The van der Waals surface area contributed by atoms with Gasteiger partial charge in [0.2, 0.25) is 6.08 Å². The number of benzene rings is 1. The molecular weight excluding hydrogens is 262 g/mol. The summed E-state index contributed by atoms with van der Waals surface area (Å²) >= 11 is 6.35.